The number of hydrogen-bond donors (Lipinski definition) is 0. The van der Waals surface area contributed by atoms with Crippen molar-refractivity contribution in [1.29, 1.82) is 0 Å². The van der Waals surface area contributed by atoms with E-state index in [4.69, 9.17) is 0 Å². The van der Waals surface area contributed by atoms with Crippen LogP contribution in [0.3, 0.4) is 0 Å². The summed E-state index contributed by atoms with van der Waals surface area (Å²) in [5, 5.41) is 0. The van der Waals surface area contributed by atoms with Gasteiger partial charge in [0.2, 0.25) is 0 Å². The Balaban J connectivity index is 2.53. The van der Waals surface area contributed by atoms with Crippen molar-refractivity contribution in [2.75, 3.05) is 6.26 Å². The van der Waals surface area contributed by atoms with Gasteiger partial charge < -0.3 is 0 Å². The molecule has 2 aliphatic carbocycles. The van der Waals surface area contributed by atoms with Gasteiger partial charge in [-0.05, 0) is 36.3 Å². The van der Waals surface area contributed by atoms with Crippen molar-refractivity contribution in [2.24, 2.45) is 10.8 Å². The summed E-state index contributed by atoms with van der Waals surface area (Å²) in [4.78, 5) is 0. The molecule has 0 nitrogen and oxygen atoms in total. The molecule has 0 N–H and O–H groups in total. The summed E-state index contributed by atoms with van der Waals surface area (Å²) in [5.41, 5.74) is 2.35. The third-order valence-corrected chi connectivity index (χ3v) is 6.86. The summed E-state index contributed by atoms with van der Waals surface area (Å²) in [7, 11) is 0. The summed E-state index contributed by atoms with van der Waals surface area (Å²) < 4.78 is 0.499. The maximum absolute atomic E-state index is 4.28. The van der Waals surface area contributed by atoms with Crippen molar-refractivity contribution in [3.63, 3.8) is 0 Å². The molecule has 2 atom stereocenters. The van der Waals surface area contributed by atoms with Gasteiger partial charge in [-0.15, -0.1) is 0 Å². The molecule has 2 bridgehead atoms. The molecule has 0 aromatic carbocycles. The van der Waals surface area contributed by atoms with Crippen LogP contribution in [0, 0.1) is 10.8 Å². The molecule has 0 radical (unpaired) electrons. The second-order valence-electron chi connectivity index (χ2n) is 5.44. The van der Waals surface area contributed by atoms with E-state index in [1.807, 2.05) is 0 Å². The summed E-state index contributed by atoms with van der Waals surface area (Å²) in [5.74, 6) is 0. The molecule has 0 aromatic heterocycles. The monoisotopic (exact) mass is 196 g/mol. The van der Waals surface area contributed by atoms with E-state index in [1.54, 1.807) is 0 Å². The molecular weight excluding hydrogens is 176 g/mol. The van der Waals surface area contributed by atoms with Crippen LogP contribution in [0.5, 0.6) is 0 Å². The van der Waals surface area contributed by atoms with Crippen molar-refractivity contribution >= 4 is 11.8 Å². The van der Waals surface area contributed by atoms with Crippen LogP contribution in [0.25, 0.3) is 0 Å². The first-order valence-electron chi connectivity index (χ1n) is 5.13. The van der Waals surface area contributed by atoms with Crippen molar-refractivity contribution in [3.8, 4) is 0 Å². The van der Waals surface area contributed by atoms with Crippen molar-refractivity contribution in [3.05, 3.63) is 12.2 Å². The molecule has 2 saturated carbocycles. The highest BCUT2D eigenvalue weighted by Crippen LogP contribution is 2.73. The summed E-state index contributed by atoms with van der Waals surface area (Å²) in [6.07, 6.45) is 6.25. The minimum absolute atomic E-state index is 0.413. The van der Waals surface area contributed by atoms with Gasteiger partial charge in [-0.2, -0.15) is 11.8 Å². The molecule has 0 aliphatic heterocycles. The molecule has 2 aliphatic rings. The predicted octanol–water partition coefficient (Wildman–Crippen LogP) is 3.87. The highest BCUT2D eigenvalue weighted by atomic mass is 32.2. The Hall–Kier alpha value is 0.0900. The lowest BCUT2D eigenvalue weighted by Gasteiger charge is -2.39. The minimum atomic E-state index is 0.413. The molecule has 0 aromatic rings. The minimum Gasteiger partial charge on any atom is -0.158 e. The summed E-state index contributed by atoms with van der Waals surface area (Å²) in [6.45, 7) is 11.6. The van der Waals surface area contributed by atoms with Gasteiger partial charge in [-0.25, -0.2) is 0 Å². The number of hydrogen-bond acceptors (Lipinski definition) is 1. The van der Waals surface area contributed by atoms with Crippen LogP contribution in [0.15, 0.2) is 12.2 Å². The van der Waals surface area contributed by atoms with Crippen molar-refractivity contribution in [2.45, 2.75) is 44.8 Å². The Bertz CT molecular complexity index is 266. The lowest BCUT2D eigenvalue weighted by Crippen LogP contribution is -2.36. The van der Waals surface area contributed by atoms with Gasteiger partial charge in [0.15, 0.2) is 0 Å². The SMILES string of the molecule is C=C1CC2(SC)CCC1(C)C2(C)C. The van der Waals surface area contributed by atoms with E-state index in [0.29, 0.717) is 15.6 Å². The average molecular weight is 196 g/mol. The average Bonchev–Trinajstić information content (AvgIpc) is 2.34. The zero-order valence-corrected chi connectivity index (χ0v) is 10.1. The van der Waals surface area contributed by atoms with E-state index in [0.717, 1.165) is 0 Å². The highest BCUT2D eigenvalue weighted by Gasteiger charge is 2.66. The molecule has 74 valence electrons. The topological polar surface area (TPSA) is 0 Å². The third-order valence-electron chi connectivity index (χ3n) is 5.22. The summed E-state index contributed by atoms with van der Waals surface area (Å²) >= 11 is 2.07. The number of thioether (sulfide) groups is 1. The molecular formula is C12H20S. The molecule has 0 spiro atoms. The largest absolute Gasteiger partial charge is 0.158 e. The molecule has 2 rings (SSSR count). The van der Waals surface area contributed by atoms with Gasteiger partial charge >= 0.3 is 0 Å². The van der Waals surface area contributed by atoms with Crippen LogP contribution in [-0.4, -0.2) is 11.0 Å². The fourth-order valence-corrected chi connectivity index (χ4v) is 4.84. The first kappa shape index (κ1) is 9.64. The fourth-order valence-electron chi connectivity index (χ4n) is 3.48. The molecule has 2 unspecified atom stereocenters. The molecule has 2 fully saturated rings. The lowest BCUT2D eigenvalue weighted by atomic mass is 9.69. The Labute approximate surface area is 86.2 Å². The van der Waals surface area contributed by atoms with Crippen LogP contribution in [-0.2, 0) is 0 Å². The predicted molar refractivity (Wildman–Crippen MR) is 61.1 cm³/mol. The van der Waals surface area contributed by atoms with Crippen molar-refractivity contribution in [1.82, 2.24) is 0 Å². The standard InChI is InChI=1S/C12H20S/c1-9-8-12(13-5)7-6-11(9,4)10(12,2)3/h1,6-8H2,2-5H3. The smallest absolute Gasteiger partial charge is 0.0254 e. The highest BCUT2D eigenvalue weighted by molar-refractivity contribution is 8.00. The van der Waals surface area contributed by atoms with Gasteiger partial charge in [-0.1, -0.05) is 32.9 Å². The quantitative estimate of drug-likeness (QED) is 0.574. The third kappa shape index (κ3) is 0.806. The van der Waals surface area contributed by atoms with E-state index >= 15 is 0 Å². The van der Waals surface area contributed by atoms with Crippen LogP contribution < -0.4 is 0 Å². The second kappa shape index (κ2) is 2.36. The maximum atomic E-state index is 4.28. The molecule has 0 amide bonds. The summed E-state index contributed by atoms with van der Waals surface area (Å²) in [6, 6.07) is 0. The normalized spacial score (nSPS) is 47.2. The number of rotatable bonds is 1. The lowest BCUT2D eigenvalue weighted by molar-refractivity contribution is 0.194. The van der Waals surface area contributed by atoms with Crippen LogP contribution >= 0.6 is 11.8 Å². The van der Waals surface area contributed by atoms with E-state index in [1.165, 1.54) is 24.8 Å². The Morgan fingerprint density at radius 3 is 2.08 bits per heavy atom. The Kier molecular flexibility index (Phi) is 1.75. The van der Waals surface area contributed by atoms with Crippen LogP contribution in [0.2, 0.25) is 0 Å². The van der Waals surface area contributed by atoms with E-state index in [2.05, 4.69) is 45.4 Å². The zero-order chi connectivity index (χ0) is 9.91. The van der Waals surface area contributed by atoms with Gasteiger partial charge in [0.1, 0.15) is 0 Å². The maximum Gasteiger partial charge on any atom is 0.0254 e. The zero-order valence-electron chi connectivity index (χ0n) is 9.24. The van der Waals surface area contributed by atoms with Gasteiger partial charge in [0, 0.05) is 4.75 Å². The number of fused-ring (bicyclic) bond motifs is 2. The fraction of sp³-hybridized carbons (Fsp3) is 0.833. The van der Waals surface area contributed by atoms with E-state index in [-0.39, 0.29) is 0 Å². The van der Waals surface area contributed by atoms with Gasteiger partial charge in [-0.3, -0.25) is 0 Å². The molecule has 0 saturated heterocycles. The molecule has 13 heavy (non-hydrogen) atoms. The van der Waals surface area contributed by atoms with Crippen LogP contribution in [0.4, 0.5) is 0 Å². The van der Waals surface area contributed by atoms with Crippen molar-refractivity contribution < 1.29 is 0 Å². The van der Waals surface area contributed by atoms with Crippen LogP contribution in [0.1, 0.15) is 40.0 Å². The Morgan fingerprint density at radius 1 is 1.23 bits per heavy atom. The first-order valence-corrected chi connectivity index (χ1v) is 6.35. The van der Waals surface area contributed by atoms with Gasteiger partial charge in [0.05, 0.1) is 0 Å². The number of allylic oxidation sites excluding steroid dienone is 1. The van der Waals surface area contributed by atoms with E-state index in [9.17, 15) is 0 Å². The second-order valence-corrected chi connectivity index (χ2v) is 6.63. The van der Waals surface area contributed by atoms with E-state index < -0.39 is 0 Å². The Morgan fingerprint density at radius 2 is 1.85 bits per heavy atom. The first-order chi connectivity index (χ1) is 5.90. The van der Waals surface area contributed by atoms with Gasteiger partial charge in [0.25, 0.3) is 0 Å². The molecule has 1 heteroatoms. The molecule has 0 heterocycles.